The maximum absolute atomic E-state index is 13.7. The lowest BCUT2D eigenvalue weighted by Crippen LogP contribution is -2.47. The summed E-state index contributed by atoms with van der Waals surface area (Å²) in [7, 11) is -3.84. The van der Waals surface area contributed by atoms with Crippen molar-refractivity contribution in [3.8, 4) is 0 Å². The minimum absolute atomic E-state index is 0.200. The van der Waals surface area contributed by atoms with Gasteiger partial charge in [-0.1, -0.05) is 49.6 Å². The number of aryl methyl sites for hydroxylation is 1. The summed E-state index contributed by atoms with van der Waals surface area (Å²) in [6.45, 7) is 2.44. The topological polar surface area (TPSA) is 57.7 Å². The molecule has 8 heteroatoms. The highest BCUT2D eigenvalue weighted by Gasteiger charge is 2.35. The molecule has 1 saturated carbocycles. The second-order valence-corrected chi connectivity index (χ2v) is 11.9. The van der Waals surface area contributed by atoms with Gasteiger partial charge in [-0.25, -0.2) is 12.8 Å². The van der Waals surface area contributed by atoms with Gasteiger partial charge < -0.3 is 4.90 Å². The first-order valence-electron chi connectivity index (χ1n) is 12.0. The summed E-state index contributed by atoms with van der Waals surface area (Å²) in [6, 6.07) is 16.2. The van der Waals surface area contributed by atoms with Crippen LogP contribution < -0.4 is 0 Å². The summed E-state index contributed by atoms with van der Waals surface area (Å²) in [5, 5.41) is 1.99. The number of hydrogen-bond acceptors (Lipinski definition) is 4. The van der Waals surface area contributed by atoms with Crippen LogP contribution in [-0.2, 0) is 27.9 Å². The number of carbonyl (C=O) groups is 1. The second kappa shape index (κ2) is 11.5. The van der Waals surface area contributed by atoms with Crippen LogP contribution >= 0.6 is 11.3 Å². The molecule has 1 heterocycles. The SMILES string of the molecule is Cc1ccsc1CN(Cc1ccc(F)cc1)C(=O)CN(C1CCCCC1)S(=O)(=O)c1ccccc1. The molecule has 3 aromatic rings. The third-order valence-corrected chi connectivity index (χ3v) is 9.49. The fourth-order valence-electron chi connectivity index (χ4n) is 4.52. The van der Waals surface area contributed by atoms with Crippen LogP contribution in [0.5, 0.6) is 0 Å². The smallest absolute Gasteiger partial charge is 0.243 e. The Bertz CT molecular complexity index is 1220. The summed E-state index contributed by atoms with van der Waals surface area (Å²) >= 11 is 1.57. The number of halogens is 1. The normalized spacial score (nSPS) is 14.8. The zero-order chi connectivity index (χ0) is 24.8. The van der Waals surface area contributed by atoms with Crippen molar-refractivity contribution >= 4 is 27.3 Å². The van der Waals surface area contributed by atoms with Crippen molar-refractivity contribution < 1.29 is 17.6 Å². The van der Waals surface area contributed by atoms with Gasteiger partial charge in [-0.05, 0) is 66.6 Å². The van der Waals surface area contributed by atoms with Gasteiger partial charge in [0.1, 0.15) is 5.82 Å². The molecule has 5 nitrogen and oxygen atoms in total. The molecule has 0 spiro atoms. The third-order valence-electron chi connectivity index (χ3n) is 6.56. The van der Waals surface area contributed by atoms with E-state index in [0.717, 1.165) is 48.1 Å². The van der Waals surface area contributed by atoms with Gasteiger partial charge in [0.25, 0.3) is 0 Å². The van der Waals surface area contributed by atoms with Crippen molar-refractivity contribution in [2.24, 2.45) is 0 Å². The van der Waals surface area contributed by atoms with E-state index in [0.29, 0.717) is 6.54 Å². The fourth-order valence-corrected chi connectivity index (χ4v) is 7.10. The molecule has 0 aliphatic heterocycles. The van der Waals surface area contributed by atoms with E-state index in [9.17, 15) is 17.6 Å². The lowest BCUT2D eigenvalue weighted by molar-refractivity contribution is -0.133. The zero-order valence-electron chi connectivity index (χ0n) is 19.9. The fraction of sp³-hybridized carbons (Fsp3) is 0.370. The van der Waals surface area contributed by atoms with Gasteiger partial charge in [0.15, 0.2) is 0 Å². The van der Waals surface area contributed by atoms with Gasteiger partial charge >= 0.3 is 0 Å². The van der Waals surface area contributed by atoms with E-state index in [1.165, 1.54) is 16.4 Å². The molecule has 0 unspecified atom stereocenters. The van der Waals surface area contributed by atoms with Crippen LogP contribution in [0.4, 0.5) is 4.39 Å². The highest BCUT2D eigenvalue weighted by Crippen LogP contribution is 2.28. The molecule has 0 bridgehead atoms. The van der Waals surface area contributed by atoms with Gasteiger partial charge in [-0.15, -0.1) is 11.3 Å². The van der Waals surface area contributed by atoms with Crippen LogP contribution in [0.3, 0.4) is 0 Å². The summed E-state index contributed by atoms with van der Waals surface area (Å²) in [5.74, 6) is -0.592. The first-order valence-corrected chi connectivity index (χ1v) is 14.3. The van der Waals surface area contributed by atoms with Crippen molar-refractivity contribution in [3.05, 3.63) is 87.9 Å². The van der Waals surface area contributed by atoms with Gasteiger partial charge in [-0.2, -0.15) is 4.31 Å². The predicted octanol–water partition coefficient (Wildman–Crippen LogP) is 5.75. The predicted molar refractivity (Wildman–Crippen MR) is 137 cm³/mol. The molecular formula is C27H31FN2O3S2. The summed E-state index contributed by atoms with van der Waals surface area (Å²) < 4.78 is 42.2. The molecule has 186 valence electrons. The van der Waals surface area contributed by atoms with Crippen LogP contribution in [-0.4, -0.2) is 36.1 Å². The van der Waals surface area contributed by atoms with E-state index in [1.807, 2.05) is 18.4 Å². The van der Waals surface area contributed by atoms with Crippen LogP contribution in [0.2, 0.25) is 0 Å². The number of hydrogen-bond donors (Lipinski definition) is 0. The van der Waals surface area contributed by atoms with Crippen molar-refractivity contribution in [1.29, 1.82) is 0 Å². The van der Waals surface area contributed by atoms with E-state index in [4.69, 9.17) is 0 Å². The molecule has 0 N–H and O–H groups in total. The van der Waals surface area contributed by atoms with Gasteiger partial charge in [0, 0.05) is 17.5 Å². The lowest BCUT2D eigenvalue weighted by Gasteiger charge is -2.34. The van der Waals surface area contributed by atoms with Crippen LogP contribution in [0, 0.1) is 12.7 Å². The van der Waals surface area contributed by atoms with Crippen LogP contribution in [0.15, 0.2) is 70.9 Å². The number of rotatable bonds is 9. The minimum atomic E-state index is -3.84. The van der Waals surface area contributed by atoms with E-state index in [2.05, 4.69) is 0 Å². The zero-order valence-corrected chi connectivity index (χ0v) is 21.5. The lowest BCUT2D eigenvalue weighted by atomic mass is 9.95. The average Bonchev–Trinajstić information content (AvgIpc) is 3.28. The number of thiophene rings is 1. The molecule has 0 radical (unpaired) electrons. The van der Waals surface area contributed by atoms with Crippen LogP contribution in [0.1, 0.15) is 48.1 Å². The molecule has 2 aromatic carbocycles. The molecule has 1 aromatic heterocycles. The van der Waals surface area contributed by atoms with Gasteiger partial charge in [-0.3, -0.25) is 4.79 Å². The number of benzene rings is 2. The highest BCUT2D eigenvalue weighted by molar-refractivity contribution is 7.89. The Morgan fingerprint density at radius 1 is 0.971 bits per heavy atom. The molecule has 35 heavy (non-hydrogen) atoms. The quantitative estimate of drug-likeness (QED) is 0.365. The second-order valence-electron chi connectivity index (χ2n) is 9.06. The third kappa shape index (κ3) is 6.37. The standard InChI is InChI=1S/C27H31FN2O3S2/c1-21-16-17-34-26(21)19-29(18-22-12-14-23(28)15-13-22)27(31)20-30(24-8-4-2-5-9-24)35(32,33)25-10-6-3-7-11-25/h3,6-7,10-17,24H,2,4-5,8-9,18-20H2,1H3. The number of nitrogens with zero attached hydrogens (tertiary/aromatic N) is 2. The monoisotopic (exact) mass is 514 g/mol. The van der Waals surface area contributed by atoms with E-state index in [1.54, 1.807) is 58.7 Å². The average molecular weight is 515 g/mol. The van der Waals surface area contributed by atoms with E-state index < -0.39 is 10.0 Å². The Balaban J connectivity index is 1.63. The summed E-state index contributed by atoms with van der Waals surface area (Å²) in [5.41, 5.74) is 1.89. The Kier molecular flexibility index (Phi) is 8.36. The largest absolute Gasteiger partial charge is 0.332 e. The molecule has 4 rings (SSSR count). The number of carbonyl (C=O) groups excluding carboxylic acids is 1. The van der Waals surface area contributed by atoms with Crippen molar-refractivity contribution in [1.82, 2.24) is 9.21 Å². The van der Waals surface area contributed by atoms with Crippen molar-refractivity contribution in [2.75, 3.05) is 6.54 Å². The van der Waals surface area contributed by atoms with Gasteiger partial charge in [0.05, 0.1) is 18.0 Å². The molecular weight excluding hydrogens is 483 g/mol. The van der Waals surface area contributed by atoms with Crippen molar-refractivity contribution in [3.63, 3.8) is 0 Å². The number of sulfonamides is 1. The maximum Gasteiger partial charge on any atom is 0.243 e. The highest BCUT2D eigenvalue weighted by atomic mass is 32.2. The Hall–Kier alpha value is -2.55. The summed E-state index contributed by atoms with van der Waals surface area (Å²) in [6.07, 6.45) is 4.49. The number of amides is 1. The summed E-state index contributed by atoms with van der Waals surface area (Å²) in [4.78, 5) is 16.7. The molecule has 1 amide bonds. The Labute approximate surface area is 211 Å². The molecule has 0 saturated heterocycles. The molecule has 0 atom stereocenters. The Morgan fingerprint density at radius 3 is 2.29 bits per heavy atom. The van der Waals surface area contributed by atoms with Gasteiger partial charge in [0.2, 0.25) is 15.9 Å². The molecule has 1 fully saturated rings. The maximum atomic E-state index is 13.7. The van der Waals surface area contributed by atoms with E-state index >= 15 is 0 Å². The Morgan fingerprint density at radius 2 is 1.66 bits per heavy atom. The first kappa shape index (κ1) is 25.5. The van der Waals surface area contributed by atoms with Crippen LogP contribution in [0.25, 0.3) is 0 Å². The van der Waals surface area contributed by atoms with E-state index in [-0.39, 0.29) is 35.8 Å². The first-order chi connectivity index (χ1) is 16.8. The van der Waals surface area contributed by atoms with Crippen molar-refractivity contribution in [2.45, 2.75) is 63.1 Å². The molecule has 1 aliphatic carbocycles. The molecule has 1 aliphatic rings. The minimum Gasteiger partial charge on any atom is -0.332 e.